The van der Waals surface area contributed by atoms with Gasteiger partial charge in [0.05, 0.1) is 0 Å². The summed E-state index contributed by atoms with van der Waals surface area (Å²) in [6.07, 6.45) is 0.321. The van der Waals surface area contributed by atoms with Crippen molar-refractivity contribution in [1.82, 2.24) is 10.2 Å². The third kappa shape index (κ3) is 4.06. The molecule has 1 aromatic carbocycles. The fourth-order valence-corrected chi connectivity index (χ4v) is 3.60. The van der Waals surface area contributed by atoms with Gasteiger partial charge in [0.1, 0.15) is 5.01 Å². The van der Waals surface area contributed by atoms with Crippen molar-refractivity contribution in [2.45, 2.75) is 24.1 Å². The zero-order valence-electron chi connectivity index (χ0n) is 13.0. The van der Waals surface area contributed by atoms with Gasteiger partial charge in [0, 0.05) is 29.6 Å². The molecule has 1 saturated heterocycles. The molecule has 0 aliphatic carbocycles. The first-order valence-corrected chi connectivity index (χ1v) is 9.41. The molecule has 10 heteroatoms. The number of rotatable bonds is 4. The molecule has 25 heavy (non-hydrogen) atoms. The minimum Gasteiger partial charge on any atom is -0.312 e. The van der Waals surface area contributed by atoms with Crippen LogP contribution in [0.3, 0.4) is 0 Å². The molecule has 0 bridgehead atoms. The predicted octanol–water partition coefficient (Wildman–Crippen LogP) is 3.76. The van der Waals surface area contributed by atoms with Crippen molar-refractivity contribution in [1.29, 1.82) is 0 Å². The number of nitrogens with one attached hydrogen (secondary N) is 1. The Kier molecular flexibility index (Phi) is 5.48. The Hall–Kier alpha value is -1.41. The van der Waals surface area contributed by atoms with Crippen LogP contribution in [-0.4, -0.2) is 33.4 Å². The van der Waals surface area contributed by atoms with Crippen molar-refractivity contribution in [2.24, 2.45) is 0 Å². The highest BCUT2D eigenvalue weighted by molar-refractivity contribution is 7.15. The molecule has 1 aliphatic heterocycles. The van der Waals surface area contributed by atoms with E-state index in [2.05, 4.69) is 15.5 Å². The Morgan fingerprint density at radius 2 is 2.16 bits per heavy atom. The molecule has 1 aromatic heterocycles. The smallest absolute Gasteiger partial charge is 0.259 e. The second-order valence-electron chi connectivity index (χ2n) is 5.57. The summed E-state index contributed by atoms with van der Waals surface area (Å²) >= 11 is 18.3. The van der Waals surface area contributed by atoms with Gasteiger partial charge in [-0.25, -0.2) is 0 Å². The number of halogens is 3. The Morgan fingerprint density at radius 1 is 1.40 bits per heavy atom. The second kappa shape index (κ2) is 7.45. The van der Waals surface area contributed by atoms with Crippen molar-refractivity contribution in [3.63, 3.8) is 0 Å². The van der Waals surface area contributed by atoms with Gasteiger partial charge in [-0.1, -0.05) is 52.2 Å². The van der Waals surface area contributed by atoms with Crippen LogP contribution in [0.25, 0.3) is 0 Å². The van der Waals surface area contributed by atoms with Crippen LogP contribution in [0.1, 0.15) is 22.9 Å². The first kappa shape index (κ1) is 18.4. The summed E-state index contributed by atoms with van der Waals surface area (Å²) in [7, 11) is 0. The van der Waals surface area contributed by atoms with Crippen molar-refractivity contribution >= 4 is 68.8 Å². The minimum atomic E-state index is -1.18. The van der Waals surface area contributed by atoms with E-state index in [1.165, 1.54) is 11.3 Å². The van der Waals surface area contributed by atoms with Crippen LogP contribution < -0.4 is 10.2 Å². The molecule has 1 atom stereocenters. The fourth-order valence-electron chi connectivity index (χ4n) is 2.48. The Balaban J connectivity index is 1.73. The average molecular weight is 420 g/mol. The van der Waals surface area contributed by atoms with Crippen LogP contribution >= 0.6 is 46.1 Å². The van der Waals surface area contributed by atoms with Crippen LogP contribution in [0.5, 0.6) is 0 Å². The fraction of sp³-hybridized carbons (Fsp3) is 0.333. The largest absolute Gasteiger partial charge is 0.312 e. The van der Waals surface area contributed by atoms with E-state index < -0.39 is 10.7 Å². The third-order valence-electron chi connectivity index (χ3n) is 3.81. The lowest BCUT2D eigenvalue weighted by Gasteiger charge is -2.17. The molecule has 0 spiro atoms. The van der Waals surface area contributed by atoms with Gasteiger partial charge in [0.15, 0.2) is 4.84 Å². The summed E-state index contributed by atoms with van der Waals surface area (Å²) < 4.78 is 0. The number of anilines is 2. The van der Waals surface area contributed by atoms with Crippen molar-refractivity contribution in [2.75, 3.05) is 16.8 Å². The number of hydrogen-bond acceptors (Lipinski definition) is 5. The number of amides is 2. The van der Waals surface area contributed by atoms with Gasteiger partial charge in [-0.15, -0.1) is 10.2 Å². The number of hydrogen-bond donors (Lipinski definition) is 1. The third-order valence-corrected chi connectivity index (χ3v) is 5.62. The monoisotopic (exact) mass is 418 g/mol. The molecule has 1 N–H and O–H groups in total. The van der Waals surface area contributed by atoms with Gasteiger partial charge in [-0.3, -0.25) is 14.9 Å². The highest BCUT2D eigenvalue weighted by Crippen LogP contribution is 2.35. The molecule has 1 fully saturated rings. The first-order chi connectivity index (χ1) is 11.8. The van der Waals surface area contributed by atoms with E-state index in [1.807, 2.05) is 19.1 Å². The van der Waals surface area contributed by atoms with Crippen molar-refractivity contribution < 1.29 is 9.59 Å². The number of carbonyl (C=O) groups is 2. The highest BCUT2D eigenvalue weighted by Gasteiger charge is 2.34. The summed E-state index contributed by atoms with van der Waals surface area (Å²) in [6, 6.07) is 5.53. The lowest BCUT2D eigenvalue weighted by atomic mass is 10.1. The highest BCUT2D eigenvalue weighted by atomic mass is 35.5. The van der Waals surface area contributed by atoms with Gasteiger partial charge in [-0.05, 0) is 24.6 Å². The SMILES string of the molecule is Cc1ccc(N2CC(c3nnc(NC(=O)C(Cl)Cl)s3)CC2=O)cc1Cl. The maximum absolute atomic E-state index is 12.4. The van der Waals surface area contributed by atoms with Crippen molar-refractivity contribution in [3.8, 4) is 0 Å². The minimum absolute atomic E-state index is 0.00714. The van der Waals surface area contributed by atoms with E-state index in [0.717, 1.165) is 11.3 Å². The second-order valence-corrected chi connectivity index (χ2v) is 8.09. The summed E-state index contributed by atoms with van der Waals surface area (Å²) in [5.74, 6) is -0.671. The molecule has 6 nitrogen and oxygen atoms in total. The molecule has 2 heterocycles. The van der Waals surface area contributed by atoms with E-state index in [0.29, 0.717) is 28.1 Å². The first-order valence-electron chi connectivity index (χ1n) is 7.34. The van der Waals surface area contributed by atoms with Crippen LogP contribution in [0.15, 0.2) is 18.2 Å². The number of alkyl halides is 2. The average Bonchev–Trinajstić information content (AvgIpc) is 3.16. The Bertz CT molecular complexity index is 827. The van der Waals surface area contributed by atoms with Crippen LogP contribution in [-0.2, 0) is 9.59 Å². The predicted molar refractivity (Wildman–Crippen MR) is 99.9 cm³/mol. The van der Waals surface area contributed by atoms with E-state index in [1.54, 1.807) is 11.0 Å². The Morgan fingerprint density at radius 3 is 2.84 bits per heavy atom. The van der Waals surface area contributed by atoms with Gasteiger partial charge < -0.3 is 4.90 Å². The van der Waals surface area contributed by atoms with Gasteiger partial charge >= 0.3 is 0 Å². The number of carbonyl (C=O) groups excluding carboxylic acids is 2. The zero-order chi connectivity index (χ0) is 18.1. The molecular formula is C15H13Cl3N4O2S. The molecule has 0 saturated carbocycles. The van der Waals surface area contributed by atoms with E-state index in [-0.39, 0.29) is 11.8 Å². The summed E-state index contributed by atoms with van der Waals surface area (Å²) in [4.78, 5) is 24.3. The topological polar surface area (TPSA) is 75.2 Å². The van der Waals surface area contributed by atoms with E-state index >= 15 is 0 Å². The number of aryl methyl sites for hydroxylation is 1. The lowest BCUT2D eigenvalue weighted by Crippen LogP contribution is -2.24. The molecule has 1 unspecified atom stereocenters. The zero-order valence-corrected chi connectivity index (χ0v) is 16.1. The normalized spacial score (nSPS) is 17.4. The molecule has 1 aliphatic rings. The van der Waals surface area contributed by atoms with Crippen LogP contribution in [0, 0.1) is 6.92 Å². The quantitative estimate of drug-likeness (QED) is 0.766. The summed E-state index contributed by atoms with van der Waals surface area (Å²) in [6.45, 7) is 2.39. The number of aromatic nitrogens is 2. The van der Waals surface area contributed by atoms with Gasteiger partial charge in [0.2, 0.25) is 11.0 Å². The maximum atomic E-state index is 12.4. The standard InChI is InChI=1S/C15H13Cl3N4O2S/c1-7-2-3-9(5-10(7)16)22-6-8(4-11(22)23)14-20-21-15(25-14)19-13(24)12(17)18/h2-3,5,8,12H,4,6H2,1H3,(H,19,21,24). The van der Waals surface area contributed by atoms with Gasteiger partial charge in [-0.2, -0.15) is 0 Å². The van der Waals surface area contributed by atoms with E-state index in [4.69, 9.17) is 34.8 Å². The molecule has 2 amide bonds. The molecular weight excluding hydrogens is 407 g/mol. The number of nitrogens with zero attached hydrogens (tertiary/aromatic N) is 3. The molecule has 3 rings (SSSR count). The number of benzene rings is 1. The van der Waals surface area contributed by atoms with Gasteiger partial charge in [0.25, 0.3) is 5.91 Å². The maximum Gasteiger partial charge on any atom is 0.259 e. The van der Waals surface area contributed by atoms with Crippen LogP contribution in [0.4, 0.5) is 10.8 Å². The van der Waals surface area contributed by atoms with Crippen LogP contribution in [0.2, 0.25) is 5.02 Å². The Labute approximate surface area is 163 Å². The molecule has 0 radical (unpaired) electrons. The molecule has 2 aromatic rings. The molecule has 132 valence electrons. The van der Waals surface area contributed by atoms with Crippen molar-refractivity contribution in [3.05, 3.63) is 33.8 Å². The lowest BCUT2D eigenvalue weighted by molar-refractivity contribution is -0.117. The summed E-state index contributed by atoms with van der Waals surface area (Å²) in [5, 5.41) is 12.0. The van der Waals surface area contributed by atoms with E-state index in [9.17, 15) is 9.59 Å². The summed E-state index contributed by atoms with van der Waals surface area (Å²) in [5.41, 5.74) is 1.71.